The zero-order valence-corrected chi connectivity index (χ0v) is 18.7. The minimum atomic E-state index is -3.08. The number of sulfone groups is 1. The van der Waals surface area contributed by atoms with Crippen LogP contribution < -0.4 is 15.0 Å². The summed E-state index contributed by atoms with van der Waals surface area (Å²) in [6.07, 6.45) is 3.19. The molecule has 0 spiro atoms. The molecule has 0 atom stereocenters. The van der Waals surface area contributed by atoms with Gasteiger partial charge in [-0.15, -0.1) is 0 Å². The van der Waals surface area contributed by atoms with Gasteiger partial charge in [0.25, 0.3) is 5.91 Å². The lowest BCUT2D eigenvalue weighted by molar-refractivity contribution is -0.121. The minimum absolute atomic E-state index is 0.0718. The van der Waals surface area contributed by atoms with Crippen LogP contribution in [0.5, 0.6) is 5.75 Å². The lowest BCUT2D eigenvalue weighted by Crippen LogP contribution is -2.63. The third-order valence-corrected chi connectivity index (χ3v) is 7.82. The number of hydrogen-bond acceptors (Lipinski definition) is 6. The van der Waals surface area contributed by atoms with Gasteiger partial charge in [-0.2, -0.15) is 0 Å². The summed E-state index contributed by atoms with van der Waals surface area (Å²) in [6.45, 7) is 7.70. The molecule has 31 heavy (non-hydrogen) atoms. The van der Waals surface area contributed by atoms with E-state index < -0.39 is 20.8 Å². The number of nitrogens with one attached hydrogen (secondary N) is 1. The average Bonchev–Trinajstić information content (AvgIpc) is 2.86. The largest absolute Gasteiger partial charge is 0.492 e. The molecule has 0 radical (unpaired) electrons. The Labute approximate surface area is 181 Å². The van der Waals surface area contributed by atoms with E-state index in [4.69, 9.17) is 4.74 Å². The number of amides is 2. The number of carbonyl (C=O) groups is 2. The normalized spacial score (nSPS) is 20.0. The molecule has 1 N–H and O–H groups in total. The first-order valence-electron chi connectivity index (χ1n) is 10.1. The number of benzene rings is 1. The van der Waals surface area contributed by atoms with Crippen LogP contribution in [0.2, 0.25) is 0 Å². The van der Waals surface area contributed by atoms with E-state index in [0.717, 1.165) is 5.56 Å². The van der Waals surface area contributed by atoms with E-state index in [2.05, 4.69) is 10.3 Å². The van der Waals surface area contributed by atoms with Crippen LogP contribution in [0.15, 0.2) is 36.7 Å². The Hall–Kier alpha value is -2.94. The zero-order valence-electron chi connectivity index (χ0n) is 17.9. The summed E-state index contributed by atoms with van der Waals surface area (Å²) in [6, 6.07) is 6.85. The highest BCUT2D eigenvalue weighted by molar-refractivity contribution is 7.93. The van der Waals surface area contributed by atoms with Gasteiger partial charge in [0.1, 0.15) is 5.75 Å². The van der Waals surface area contributed by atoms with Gasteiger partial charge < -0.3 is 10.1 Å². The van der Waals surface area contributed by atoms with Gasteiger partial charge in [-0.05, 0) is 51.5 Å². The molecule has 3 heterocycles. The Kier molecular flexibility index (Phi) is 4.84. The number of pyridine rings is 1. The molecule has 0 bridgehead atoms. The van der Waals surface area contributed by atoms with Crippen LogP contribution in [0.25, 0.3) is 0 Å². The van der Waals surface area contributed by atoms with Crippen molar-refractivity contribution < 1.29 is 22.7 Å². The van der Waals surface area contributed by atoms with E-state index in [1.54, 1.807) is 48.5 Å². The molecule has 2 amide bonds. The second-order valence-electron chi connectivity index (χ2n) is 8.86. The topological polar surface area (TPSA) is 106 Å². The second kappa shape index (κ2) is 7.05. The van der Waals surface area contributed by atoms with Crippen LogP contribution in [0.1, 0.15) is 43.6 Å². The number of hydrogen-bond donors (Lipinski definition) is 1. The number of fused-ring (bicyclic) bond motifs is 1. The van der Waals surface area contributed by atoms with Crippen LogP contribution in [0.4, 0.5) is 11.4 Å². The second-order valence-corrected chi connectivity index (χ2v) is 10.9. The Balaban J connectivity index is 1.67. The summed E-state index contributed by atoms with van der Waals surface area (Å²) in [4.78, 5) is 31.8. The van der Waals surface area contributed by atoms with Crippen molar-refractivity contribution in [3.8, 4) is 5.75 Å². The molecule has 9 heteroatoms. The van der Waals surface area contributed by atoms with Crippen molar-refractivity contribution in [3.63, 3.8) is 0 Å². The molecule has 1 saturated heterocycles. The summed E-state index contributed by atoms with van der Waals surface area (Å²) in [5.74, 6) is -0.0666. The summed E-state index contributed by atoms with van der Waals surface area (Å²) in [7, 11) is -3.08. The smallest absolute Gasteiger partial charge is 0.251 e. The number of rotatable bonds is 5. The SMILES string of the molecule is CCOc1cncc(N2C(=O)C(C)(C)c3cc(C(=O)NC4(C)CS(=O)(=O)C4)ccc32)c1. The van der Waals surface area contributed by atoms with Gasteiger partial charge in [0.2, 0.25) is 5.91 Å². The summed E-state index contributed by atoms with van der Waals surface area (Å²) in [5, 5.41) is 2.82. The number of carbonyl (C=O) groups excluding carboxylic acids is 2. The van der Waals surface area contributed by atoms with Gasteiger partial charge in [0.15, 0.2) is 9.84 Å². The molecule has 2 aliphatic heterocycles. The first kappa shape index (κ1) is 21.3. The third-order valence-electron chi connectivity index (χ3n) is 5.67. The molecule has 0 saturated carbocycles. The summed E-state index contributed by atoms with van der Waals surface area (Å²) < 4.78 is 28.6. The fourth-order valence-corrected chi connectivity index (χ4v) is 6.26. The molecule has 2 aliphatic rings. The fraction of sp³-hybridized carbons (Fsp3) is 0.409. The number of aromatic nitrogens is 1. The first-order chi connectivity index (χ1) is 14.5. The third kappa shape index (κ3) is 3.67. The molecule has 0 unspecified atom stereocenters. The van der Waals surface area contributed by atoms with E-state index in [1.165, 1.54) is 0 Å². The predicted octanol–water partition coefficient (Wildman–Crippen LogP) is 2.35. The molecule has 8 nitrogen and oxygen atoms in total. The molecular weight excluding hydrogens is 418 g/mol. The molecular formula is C22H25N3O5S. The van der Waals surface area contributed by atoms with E-state index in [-0.39, 0.29) is 23.3 Å². The van der Waals surface area contributed by atoms with Crippen LogP contribution in [0.3, 0.4) is 0 Å². The lowest BCUT2D eigenvalue weighted by atomic mass is 9.85. The van der Waals surface area contributed by atoms with Crippen molar-refractivity contribution >= 4 is 33.0 Å². The Morgan fingerprint density at radius 2 is 1.90 bits per heavy atom. The maximum Gasteiger partial charge on any atom is 0.251 e. The van der Waals surface area contributed by atoms with Gasteiger partial charge >= 0.3 is 0 Å². The van der Waals surface area contributed by atoms with E-state index >= 15 is 0 Å². The first-order valence-corrected chi connectivity index (χ1v) is 11.9. The Bertz CT molecular complexity index is 1180. The van der Waals surface area contributed by atoms with Crippen molar-refractivity contribution in [1.29, 1.82) is 0 Å². The van der Waals surface area contributed by atoms with Crippen LogP contribution in [-0.4, -0.2) is 48.9 Å². The molecule has 1 fully saturated rings. The summed E-state index contributed by atoms with van der Waals surface area (Å²) >= 11 is 0. The van der Waals surface area contributed by atoms with Gasteiger partial charge in [0.05, 0.1) is 52.8 Å². The van der Waals surface area contributed by atoms with Gasteiger partial charge in [-0.25, -0.2) is 8.42 Å². The Morgan fingerprint density at radius 1 is 1.19 bits per heavy atom. The van der Waals surface area contributed by atoms with E-state index in [9.17, 15) is 18.0 Å². The van der Waals surface area contributed by atoms with Crippen molar-refractivity contribution in [2.24, 2.45) is 0 Å². The van der Waals surface area contributed by atoms with Crippen LogP contribution >= 0.6 is 0 Å². The van der Waals surface area contributed by atoms with E-state index in [0.29, 0.717) is 29.3 Å². The average molecular weight is 444 g/mol. The molecule has 0 aliphatic carbocycles. The van der Waals surface area contributed by atoms with Gasteiger partial charge in [-0.3, -0.25) is 19.5 Å². The number of ether oxygens (including phenoxy) is 1. The molecule has 1 aromatic heterocycles. The van der Waals surface area contributed by atoms with Crippen molar-refractivity contribution in [2.45, 2.75) is 38.6 Å². The lowest BCUT2D eigenvalue weighted by Gasteiger charge is -2.38. The Morgan fingerprint density at radius 3 is 2.55 bits per heavy atom. The standard InChI is InChI=1S/C22H25N3O5S/c1-5-30-16-9-15(10-23-11-16)25-18-7-6-14(8-17(18)21(2,3)20(25)27)19(26)24-22(4)12-31(28,29)13-22/h6-11H,5,12-13H2,1-4H3,(H,24,26). The number of anilines is 2. The monoisotopic (exact) mass is 443 g/mol. The maximum absolute atomic E-state index is 13.3. The predicted molar refractivity (Wildman–Crippen MR) is 117 cm³/mol. The molecule has 1 aromatic carbocycles. The summed E-state index contributed by atoms with van der Waals surface area (Å²) in [5.41, 5.74) is 0.757. The number of nitrogens with zero attached hydrogens (tertiary/aromatic N) is 2. The molecule has 164 valence electrons. The molecule has 4 rings (SSSR count). The highest BCUT2D eigenvalue weighted by Gasteiger charge is 2.47. The maximum atomic E-state index is 13.3. The van der Waals surface area contributed by atoms with E-state index in [1.807, 2.05) is 20.8 Å². The molecule has 2 aromatic rings. The van der Waals surface area contributed by atoms with Crippen LogP contribution in [-0.2, 0) is 20.0 Å². The van der Waals surface area contributed by atoms with Crippen LogP contribution in [0, 0.1) is 0 Å². The van der Waals surface area contributed by atoms with Crippen molar-refractivity contribution in [1.82, 2.24) is 10.3 Å². The van der Waals surface area contributed by atoms with Gasteiger partial charge in [-0.1, -0.05) is 0 Å². The highest BCUT2D eigenvalue weighted by atomic mass is 32.2. The minimum Gasteiger partial charge on any atom is -0.492 e. The quantitative estimate of drug-likeness (QED) is 0.761. The zero-order chi connectivity index (χ0) is 22.6. The van der Waals surface area contributed by atoms with Crippen molar-refractivity contribution in [2.75, 3.05) is 23.0 Å². The van der Waals surface area contributed by atoms with Gasteiger partial charge in [0, 0.05) is 11.6 Å². The fourth-order valence-electron chi connectivity index (χ4n) is 4.26. The van der Waals surface area contributed by atoms with Crippen molar-refractivity contribution in [3.05, 3.63) is 47.8 Å². The highest BCUT2D eigenvalue weighted by Crippen LogP contribution is 2.46.